The third kappa shape index (κ3) is 8.86. The van der Waals surface area contributed by atoms with Crippen LogP contribution in [0.1, 0.15) is 39.5 Å². The fourth-order valence-corrected chi connectivity index (χ4v) is 3.78. The van der Waals surface area contributed by atoms with E-state index in [9.17, 15) is 48.9 Å². The topological polar surface area (TPSA) is 266 Å². The minimum atomic E-state index is -2.51. The molecule has 1 saturated heterocycles. The molecule has 1 fully saturated rings. The summed E-state index contributed by atoms with van der Waals surface area (Å²) in [7, 11) is 0.959. The van der Waals surface area contributed by atoms with Crippen LogP contribution in [0.3, 0.4) is 0 Å². The van der Waals surface area contributed by atoms with Gasteiger partial charge in [0.15, 0.2) is 5.60 Å². The van der Waals surface area contributed by atoms with Crippen LogP contribution in [-0.4, -0.2) is 128 Å². The average molecular weight is 562 g/mol. The van der Waals surface area contributed by atoms with Crippen molar-refractivity contribution in [3.63, 3.8) is 0 Å². The number of imide groups is 1. The van der Waals surface area contributed by atoms with Crippen LogP contribution in [0.25, 0.3) is 0 Å². The normalized spacial score (nSPS) is 17.5. The summed E-state index contributed by atoms with van der Waals surface area (Å²) in [5, 5.41) is 43.1. The van der Waals surface area contributed by atoms with E-state index >= 15 is 0 Å². The van der Waals surface area contributed by atoms with E-state index < -0.39 is 90.9 Å². The highest BCUT2D eigenvalue weighted by molar-refractivity contribution is 6.39. The van der Waals surface area contributed by atoms with E-state index in [-0.39, 0.29) is 13.1 Å². The van der Waals surface area contributed by atoms with Crippen molar-refractivity contribution >= 4 is 41.6 Å². The van der Waals surface area contributed by atoms with E-state index in [0.717, 1.165) is 20.9 Å². The number of likely N-dealkylation sites (tertiary alicyclic amines) is 1. The molecule has 220 valence electrons. The monoisotopic (exact) mass is 561 g/mol. The number of nitrogens with zero attached hydrogens (tertiary/aromatic N) is 2. The number of carboxylic acid groups (broad SMARTS) is 1. The number of nitrogens with two attached hydrogens (primary N) is 1. The van der Waals surface area contributed by atoms with Gasteiger partial charge >= 0.3 is 12.2 Å². The lowest BCUT2D eigenvalue weighted by Crippen LogP contribution is -2.68. The quantitative estimate of drug-likeness (QED) is 0.109. The van der Waals surface area contributed by atoms with Gasteiger partial charge in [-0.05, 0) is 26.2 Å². The minimum absolute atomic E-state index is 0.281. The van der Waals surface area contributed by atoms with Gasteiger partial charge in [-0.1, -0.05) is 0 Å². The van der Waals surface area contributed by atoms with Crippen molar-refractivity contribution in [3.8, 4) is 0 Å². The van der Waals surface area contributed by atoms with Crippen molar-refractivity contribution in [1.82, 2.24) is 20.4 Å². The first-order valence-corrected chi connectivity index (χ1v) is 11.9. The van der Waals surface area contributed by atoms with Gasteiger partial charge in [0.05, 0.1) is 6.61 Å². The number of aliphatic hydroxyl groups is 3. The molecule has 5 atom stereocenters. The Morgan fingerprint density at radius 1 is 1.08 bits per heavy atom. The molecule has 0 aliphatic carbocycles. The SMILES string of the molecule is CC(=O)N[C@@H](C(=O)C(=O)NC(CCC(=O)N(C)C(=O)O)C(N)=O)[C@@](C)(OC(=O)N1CCCC1)[C@H](O)[C@H](O)CO. The third-order valence-corrected chi connectivity index (χ3v) is 6.17. The van der Waals surface area contributed by atoms with Crippen molar-refractivity contribution in [2.24, 2.45) is 5.73 Å². The third-order valence-electron chi connectivity index (χ3n) is 6.17. The van der Waals surface area contributed by atoms with Crippen LogP contribution >= 0.6 is 0 Å². The van der Waals surface area contributed by atoms with Gasteiger partial charge in [0.1, 0.15) is 24.3 Å². The van der Waals surface area contributed by atoms with E-state index in [2.05, 4.69) is 5.32 Å². The number of ketones is 1. The summed E-state index contributed by atoms with van der Waals surface area (Å²) >= 11 is 0. The van der Waals surface area contributed by atoms with Gasteiger partial charge in [0.2, 0.25) is 23.5 Å². The number of Topliss-reactive ketones (excluding diaryl/α,β-unsaturated/α-hetero) is 1. The lowest BCUT2D eigenvalue weighted by Gasteiger charge is -2.41. The molecular formula is C22H35N5O12. The molecule has 0 bridgehead atoms. The standard InChI is InChI=1S/C22H35N5O12/c1-11(29)24-16(22(2,17(33)13(30)10-28)39-21(38)27-8-4-5-9-27)15(32)19(35)25-12(18(23)34)6-7-14(31)26(3)20(36)37/h12-13,16-17,28,30,33H,4-10H2,1-3H3,(H2,23,34)(H,24,29)(H,25,35)(H,36,37)/t12?,13-,16+,17-,22-/m1/s1. The van der Waals surface area contributed by atoms with E-state index in [1.54, 1.807) is 0 Å². The maximum absolute atomic E-state index is 13.2. The number of ether oxygens (including phenoxy) is 1. The second-order valence-corrected chi connectivity index (χ2v) is 9.14. The van der Waals surface area contributed by atoms with Crippen LogP contribution in [-0.2, 0) is 28.7 Å². The van der Waals surface area contributed by atoms with E-state index in [4.69, 9.17) is 15.6 Å². The molecule has 1 unspecified atom stereocenters. The largest absolute Gasteiger partial charge is 0.465 e. The fraction of sp³-hybridized carbons (Fsp3) is 0.682. The number of primary amides is 1. The molecule has 0 saturated carbocycles. The van der Waals surface area contributed by atoms with Crippen LogP contribution in [0.4, 0.5) is 9.59 Å². The minimum Gasteiger partial charge on any atom is -0.465 e. The molecule has 6 amide bonds. The first-order chi connectivity index (χ1) is 18.1. The predicted octanol–water partition coefficient (Wildman–Crippen LogP) is -3.35. The molecule has 17 nitrogen and oxygen atoms in total. The molecular weight excluding hydrogens is 526 g/mol. The van der Waals surface area contributed by atoms with Gasteiger partial charge in [-0.3, -0.25) is 28.9 Å². The number of amides is 6. The number of hydrogen-bond acceptors (Lipinski definition) is 11. The molecule has 0 spiro atoms. The van der Waals surface area contributed by atoms with Crippen molar-refractivity contribution in [1.29, 1.82) is 0 Å². The number of aliphatic hydroxyl groups excluding tert-OH is 3. The van der Waals surface area contributed by atoms with Gasteiger partial charge in [-0.2, -0.15) is 0 Å². The second-order valence-electron chi connectivity index (χ2n) is 9.14. The molecule has 0 aromatic carbocycles. The summed E-state index contributed by atoms with van der Waals surface area (Å²) in [5.74, 6) is -6.12. The summed E-state index contributed by atoms with van der Waals surface area (Å²) in [6.45, 7) is 1.42. The molecule has 1 aliphatic heterocycles. The molecule has 0 aromatic rings. The second kappa shape index (κ2) is 14.4. The molecule has 0 radical (unpaired) electrons. The van der Waals surface area contributed by atoms with E-state index in [0.29, 0.717) is 17.7 Å². The first kappa shape index (κ1) is 33.2. The highest BCUT2D eigenvalue weighted by Crippen LogP contribution is 2.27. The summed E-state index contributed by atoms with van der Waals surface area (Å²) in [4.78, 5) is 87.1. The Bertz CT molecular complexity index is 969. The molecule has 17 heteroatoms. The van der Waals surface area contributed by atoms with Crippen molar-refractivity contribution in [3.05, 3.63) is 0 Å². The molecule has 39 heavy (non-hydrogen) atoms. The zero-order valence-corrected chi connectivity index (χ0v) is 21.8. The van der Waals surface area contributed by atoms with Crippen LogP contribution in [0.5, 0.6) is 0 Å². The Morgan fingerprint density at radius 2 is 1.64 bits per heavy atom. The Hall–Kier alpha value is -3.83. The summed E-state index contributed by atoms with van der Waals surface area (Å²) in [6.07, 6.45) is -6.55. The van der Waals surface area contributed by atoms with Crippen molar-refractivity contribution < 1.29 is 58.7 Å². The van der Waals surface area contributed by atoms with Gasteiger partial charge in [0.25, 0.3) is 5.91 Å². The lowest BCUT2D eigenvalue weighted by molar-refractivity contribution is -0.163. The highest BCUT2D eigenvalue weighted by Gasteiger charge is 2.53. The number of carbonyl (C=O) groups is 7. The number of hydrogen-bond donors (Lipinski definition) is 7. The zero-order valence-electron chi connectivity index (χ0n) is 21.8. The number of rotatable bonds is 13. The Kier molecular flexibility index (Phi) is 12.2. The molecule has 8 N–H and O–H groups in total. The van der Waals surface area contributed by atoms with Crippen molar-refractivity contribution in [2.45, 2.75) is 69.4 Å². The van der Waals surface area contributed by atoms with E-state index in [1.807, 2.05) is 5.32 Å². The number of carbonyl (C=O) groups excluding carboxylic acids is 6. The van der Waals surface area contributed by atoms with Crippen LogP contribution in [0.15, 0.2) is 0 Å². The highest BCUT2D eigenvalue weighted by atomic mass is 16.6. The fourth-order valence-electron chi connectivity index (χ4n) is 3.78. The zero-order chi connectivity index (χ0) is 30.1. The van der Waals surface area contributed by atoms with Gasteiger partial charge < -0.3 is 46.4 Å². The lowest BCUT2D eigenvalue weighted by atomic mass is 9.83. The Balaban J connectivity index is 3.29. The van der Waals surface area contributed by atoms with E-state index in [1.165, 1.54) is 4.90 Å². The van der Waals surface area contributed by atoms with Crippen LogP contribution < -0.4 is 16.4 Å². The summed E-state index contributed by atoms with van der Waals surface area (Å²) < 4.78 is 5.37. The van der Waals surface area contributed by atoms with Crippen LogP contribution in [0.2, 0.25) is 0 Å². The summed E-state index contributed by atoms with van der Waals surface area (Å²) in [5.41, 5.74) is 2.73. The maximum atomic E-state index is 13.2. The molecule has 1 heterocycles. The van der Waals surface area contributed by atoms with Gasteiger partial charge in [-0.15, -0.1) is 0 Å². The van der Waals surface area contributed by atoms with Gasteiger partial charge in [0, 0.05) is 33.5 Å². The van der Waals surface area contributed by atoms with Crippen molar-refractivity contribution in [2.75, 3.05) is 26.7 Å². The Morgan fingerprint density at radius 3 is 2.10 bits per heavy atom. The molecule has 1 aliphatic rings. The molecule has 0 aromatic heterocycles. The smallest absolute Gasteiger partial charge is 0.413 e. The first-order valence-electron chi connectivity index (χ1n) is 11.9. The summed E-state index contributed by atoms with van der Waals surface area (Å²) in [6, 6.07) is -3.78. The van der Waals surface area contributed by atoms with Crippen LogP contribution in [0, 0.1) is 0 Å². The average Bonchev–Trinajstić information content (AvgIpc) is 3.42. The predicted molar refractivity (Wildman–Crippen MR) is 129 cm³/mol. The maximum Gasteiger partial charge on any atom is 0.413 e. The Labute approximate surface area is 223 Å². The molecule has 1 rings (SSSR count). The van der Waals surface area contributed by atoms with Gasteiger partial charge in [-0.25, -0.2) is 9.59 Å². The number of nitrogens with one attached hydrogen (secondary N) is 2.